The molecule has 0 fully saturated rings. The molecule has 0 saturated heterocycles. The normalized spacial score (nSPS) is 11.5. The van der Waals surface area contributed by atoms with E-state index in [1.54, 1.807) is 0 Å². The van der Waals surface area contributed by atoms with Crippen LogP contribution in [0.4, 0.5) is 0 Å². The van der Waals surface area contributed by atoms with E-state index in [0.717, 1.165) is 10.7 Å². The van der Waals surface area contributed by atoms with Crippen LogP contribution >= 0.6 is 0 Å². The topological polar surface area (TPSA) is 128 Å². The van der Waals surface area contributed by atoms with E-state index >= 15 is 0 Å². The van der Waals surface area contributed by atoms with Gasteiger partial charge in [-0.1, -0.05) is 0 Å². The van der Waals surface area contributed by atoms with Crippen molar-refractivity contribution in [3.05, 3.63) is 28.2 Å². The van der Waals surface area contributed by atoms with Crippen LogP contribution in [-0.4, -0.2) is 45.9 Å². The number of amides is 1. The molecule has 21 heavy (non-hydrogen) atoms. The highest BCUT2D eigenvalue weighted by atomic mass is 16.5. The number of carbonyl (C=O) groups excluding carboxylic acids is 2. The van der Waals surface area contributed by atoms with Gasteiger partial charge in [-0.25, -0.2) is 9.48 Å². The Hall–Kier alpha value is -2.71. The van der Waals surface area contributed by atoms with Crippen LogP contribution in [0.1, 0.15) is 23.3 Å². The van der Waals surface area contributed by atoms with Gasteiger partial charge in [0, 0.05) is 19.5 Å². The second-order valence-corrected chi connectivity index (χ2v) is 4.16. The fourth-order valence-electron chi connectivity index (χ4n) is 1.48. The first kappa shape index (κ1) is 16.3. The third-order valence-electron chi connectivity index (χ3n) is 2.66. The lowest BCUT2D eigenvalue weighted by Gasteiger charge is -2.13. The molecule has 0 aliphatic heterocycles. The summed E-state index contributed by atoms with van der Waals surface area (Å²) in [7, 11) is 2.55. The zero-order valence-electron chi connectivity index (χ0n) is 11.5. The van der Waals surface area contributed by atoms with Gasteiger partial charge in [-0.15, -0.1) is 0 Å². The highest BCUT2D eigenvalue weighted by Crippen LogP contribution is 2.01. The van der Waals surface area contributed by atoms with Gasteiger partial charge in [-0.05, 0) is 12.5 Å². The average molecular weight is 297 g/mol. The molecule has 9 nitrogen and oxygen atoms in total. The van der Waals surface area contributed by atoms with E-state index in [0.29, 0.717) is 0 Å². The molecule has 9 heteroatoms. The number of ether oxygens (including phenoxy) is 1. The average Bonchev–Trinajstić information content (AvgIpc) is 2.45. The lowest BCUT2D eigenvalue weighted by molar-refractivity contribution is -0.142. The number of nitrogens with one attached hydrogen (secondary N) is 1. The van der Waals surface area contributed by atoms with Crippen LogP contribution in [-0.2, 0) is 21.4 Å². The molecule has 0 aliphatic rings. The zero-order chi connectivity index (χ0) is 16.0. The first-order valence-corrected chi connectivity index (χ1v) is 6.00. The van der Waals surface area contributed by atoms with Crippen LogP contribution in [0.2, 0.25) is 0 Å². The van der Waals surface area contributed by atoms with Crippen LogP contribution in [0.25, 0.3) is 0 Å². The maximum absolute atomic E-state index is 11.9. The standard InChI is InChI=1S/C12H15N3O6/c1-15-9(16)5-3-7(14-15)11(18)13-8(12(19)20)4-6-10(17)21-2/h3,5,8H,4,6H2,1-2H3,(H,13,18)(H,19,20). The Kier molecular flexibility index (Phi) is 5.58. The molecule has 1 aromatic rings. The van der Waals surface area contributed by atoms with Crippen LogP contribution in [0.3, 0.4) is 0 Å². The summed E-state index contributed by atoms with van der Waals surface area (Å²) in [6, 6.07) is 1.08. The van der Waals surface area contributed by atoms with Gasteiger partial charge in [0.1, 0.15) is 11.7 Å². The minimum atomic E-state index is -1.28. The lowest BCUT2D eigenvalue weighted by Crippen LogP contribution is -2.42. The van der Waals surface area contributed by atoms with Gasteiger partial charge in [-0.2, -0.15) is 5.10 Å². The first-order valence-electron chi connectivity index (χ1n) is 6.00. The number of methoxy groups -OCH3 is 1. The van der Waals surface area contributed by atoms with E-state index in [-0.39, 0.29) is 18.5 Å². The summed E-state index contributed by atoms with van der Waals surface area (Å²) < 4.78 is 5.36. The van der Waals surface area contributed by atoms with E-state index in [2.05, 4.69) is 15.2 Å². The predicted molar refractivity (Wildman–Crippen MR) is 69.6 cm³/mol. The van der Waals surface area contributed by atoms with Gasteiger partial charge in [0.2, 0.25) is 0 Å². The van der Waals surface area contributed by atoms with Crippen LogP contribution in [0.15, 0.2) is 16.9 Å². The summed E-state index contributed by atoms with van der Waals surface area (Å²) in [6.07, 6.45) is -0.256. The highest BCUT2D eigenvalue weighted by molar-refractivity contribution is 5.94. The number of hydrogen-bond acceptors (Lipinski definition) is 6. The number of carboxylic acids is 1. The third-order valence-corrected chi connectivity index (χ3v) is 2.66. The van der Waals surface area contributed by atoms with E-state index in [4.69, 9.17) is 5.11 Å². The van der Waals surface area contributed by atoms with Gasteiger partial charge in [0.05, 0.1) is 7.11 Å². The number of rotatable bonds is 6. The van der Waals surface area contributed by atoms with Crippen molar-refractivity contribution in [1.29, 1.82) is 0 Å². The second kappa shape index (κ2) is 7.17. The van der Waals surface area contributed by atoms with Gasteiger partial charge in [0.25, 0.3) is 11.5 Å². The monoisotopic (exact) mass is 297 g/mol. The number of aromatic nitrogens is 2. The van der Waals surface area contributed by atoms with Crippen molar-refractivity contribution in [3.63, 3.8) is 0 Å². The lowest BCUT2D eigenvalue weighted by atomic mass is 10.1. The smallest absolute Gasteiger partial charge is 0.326 e. The highest BCUT2D eigenvalue weighted by Gasteiger charge is 2.22. The number of aryl methyl sites for hydroxylation is 1. The number of hydrogen-bond donors (Lipinski definition) is 2. The minimum Gasteiger partial charge on any atom is -0.480 e. The Bertz CT molecular complexity index is 609. The van der Waals surface area contributed by atoms with Crippen molar-refractivity contribution < 1.29 is 24.2 Å². The van der Waals surface area contributed by atoms with Crippen molar-refractivity contribution in [2.45, 2.75) is 18.9 Å². The number of carbonyl (C=O) groups is 3. The molecule has 1 rings (SSSR count). The Labute approximate surface area is 119 Å². The van der Waals surface area contributed by atoms with Gasteiger partial charge in [-0.3, -0.25) is 14.4 Å². The molecule has 1 heterocycles. The second-order valence-electron chi connectivity index (χ2n) is 4.16. The molecule has 0 spiro atoms. The molecule has 2 N–H and O–H groups in total. The van der Waals surface area contributed by atoms with E-state index in [9.17, 15) is 19.2 Å². The maximum Gasteiger partial charge on any atom is 0.326 e. The molecule has 0 bridgehead atoms. The SMILES string of the molecule is COC(=O)CCC(NC(=O)c1ccc(=O)n(C)n1)C(=O)O. The van der Waals surface area contributed by atoms with E-state index in [1.165, 1.54) is 20.2 Å². The molecule has 1 atom stereocenters. The quantitative estimate of drug-likeness (QED) is 0.639. The molecule has 0 aliphatic carbocycles. The molecule has 0 aromatic carbocycles. The number of aliphatic carboxylic acids is 1. The largest absolute Gasteiger partial charge is 0.480 e. The summed E-state index contributed by atoms with van der Waals surface area (Å²) in [5, 5.41) is 14.9. The molecule has 0 saturated carbocycles. The molecular weight excluding hydrogens is 282 g/mol. The summed E-state index contributed by atoms with van der Waals surface area (Å²) in [5.41, 5.74) is -0.492. The summed E-state index contributed by atoms with van der Waals surface area (Å²) in [6.45, 7) is 0. The Morgan fingerprint density at radius 3 is 2.62 bits per heavy atom. The Morgan fingerprint density at radius 2 is 2.10 bits per heavy atom. The molecular formula is C12H15N3O6. The van der Waals surface area contributed by atoms with Crippen molar-refractivity contribution in [2.24, 2.45) is 7.05 Å². The van der Waals surface area contributed by atoms with Crippen LogP contribution in [0.5, 0.6) is 0 Å². The van der Waals surface area contributed by atoms with Gasteiger partial charge >= 0.3 is 11.9 Å². The Balaban J connectivity index is 2.76. The van der Waals surface area contributed by atoms with Gasteiger partial charge in [0.15, 0.2) is 0 Å². The first-order chi connectivity index (χ1) is 9.85. The van der Waals surface area contributed by atoms with Crippen LogP contribution < -0.4 is 10.9 Å². The van der Waals surface area contributed by atoms with Crippen molar-refractivity contribution in [2.75, 3.05) is 7.11 Å². The van der Waals surface area contributed by atoms with Crippen molar-refractivity contribution in [1.82, 2.24) is 15.1 Å². The number of esters is 1. The summed E-state index contributed by atoms with van der Waals surface area (Å²) in [5.74, 6) is -2.60. The molecule has 0 radical (unpaired) electrons. The van der Waals surface area contributed by atoms with E-state index < -0.39 is 29.4 Å². The molecule has 1 aromatic heterocycles. The van der Waals surface area contributed by atoms with Gasteiger partial charge < -0.3 is 15.2 Å². The maximum atomic E-state index is 11.9. The minimum absolute atomic E-state index is 0.0959. The Morgan fingerprint density at radius 1 is 1.43 bits per heavy atom. The molecule has 1 unspecified atom stereocenters. The summed E-state index contributed by atoms with van der Waals surface area (Å²) >= 11 is 0. The van der Waals surface area contributed by atoms with E-state index in [1.807, 2.05) is 0 Å². The molecule has 114 valence electrons. The predicted octanol–water partition coefficient (Wildman–Crippen LogP) is -1.08. The molecule has 1 amide bonds. The van der Waals surface area contributed by atoms with Crippen molar-refractivity contribution in [3.8, 4) is 0 Å². The third kappa shape index (κ3) is 4.71. The van der Waals surface area contributed by atoms with Crippen molar-refractivity contribution >= 4 is 17.8 Å². The number of carboxylic acid groups (broad SMARTS) is 1. The van der Waals surface area contributed by atoms with Crippen LogP contribution in [0, 0.1) is 0 Å². The summed E-state index contributed by atoms with van der Waals surface area (Å²) in [4.78, 5) is 45.1. The fraction of sp³-hybridized carbons (Fsp3) is 0.417. The zero-order valence-corrected chi connectivity index (χ0v) is 11.5. The fourth-order valence-corrected chi connectivity index (χ4v) is 1.48. The number of nitrogens with zero attached hydrogens (tertiary/aromatic N) is 2.